The van der Waals surface area contributed by atoms with Crippen LogP contribution in [-0.2, 0) is 22.4 Å². The smallest absolute Gasteiger partial charge is 0.326 e. The van der Waals surface area contributed by atoms with E-state index in [-0.39, 0.29) is 5.41 Å². The topological polar surface area (TPSA) is 104 Å². The molecule has 0 spiro atoms. The zero-order valence-corrected chi connectivity index (χ0v) is 14.9. The molecular formula is C17H23NO5S. The number of amides is 1. The van der Waals surface area contributed by atoms with Crippen LogP contribution < -0.4 is 5.32 Å². The molecule has 0 aromatic carbocycles. The number of fused-ring (bicyclic) bond motifs is 1. The van der Waals surface area contributed by atoms with Crippen LogP contribution in [0.2, 0.25) is 0 Å². The SMILES string of the molecule is CC(C)(C)C1CCc2c(C(=O)NC(CC(=O)O)C(=O)O)csc2C1. The fourth-order valence-corrected chi connectivity index (χ4v) is 4.21. The number of carboxylic acid groups (broad SMARTS) is 2. The summed E-state index contributed by atoms with van der Waals surface area (Å²) in [7, 11) is 0. The Balaban J connectivity index is 2.14. The van der Waals surface area contributed by atoms with Gasteiger partial charge in [0.25, 0.3) is 5.91 Å². The molecule has 1 aromatic heterocycles. The maximum atomic E-state index is 12.4. The van der Waals surface area contributed by atoms with Crippen molar-refractivity contribution in [2.24, 2.45) is 11.3 Å². The molecule has 0 radical (unpaired) electrons. The van der Waals surface area contributed by atoms with Gasteiger partial charge in [0.2, 0.25) is 0 Å². The minimum atomic E-state index is -1.42. The van der Waals surface area contributed by atoms with Gasteiger partial charge in [-0.2, -0.15) is 0 Å². The van der Waals surface area contributed by atoms with Crippen molar-refractivity contribution in [1.29, 1.82) is 0 Å². The van der Waals surface area contributed by atoms with Gasteiger partial charge >= 0.3 is 11.9 Å². The van der Waals surface area contributed by atoms with Gasteiger partial charge in [0, 0.05) is 10.3 Å². The molecule has 0 aliphatic heterocycles. The zero-order chi connectivity index (χ0) is 18.1. The minimum Gasteiger partial charge on any atom is -0.481 e. The van der Waals surface area contributed by atoms with E-state index in [0.717, 1.165) is 24.8 Å². The maximum absolute atomic E-state index is 12.4. The minimum absolute atomic E-state index is 0.208. The second-order valence-electron chi connectivity index (χ2n) is 7.32. The molecule has 1 aromatic rings. The number of thiophene rings is 1. The molecule has 0 saturated heterocycles. The van der Waals surface area contributed by atoms with Crippen LogP contribution in [0.4, 0.5) is 0 Å². The Kier molecular flexibility index (Phi) is 5.32. The summed E-state index contributed by atoms with van der Waals surface area (Å²) in [4.78, 5) is 35.4. The Morgan fingerprint density at radius 1 is 1.33 bits per heavy atom. The van der Waals surface area contributed by atoms with Crippen LogP contribution in [0.15, 0.2) is 5.38 Å². The highest BCUT2D eigenvalue weighted by molar-refractivity contribution is 7.10. The Morgan fingerprint density at radius 3 is 2.54 bits per heavy atom. The van der Waals surface area contributed by atoms with Crippen molar-refractivity contribution >= 4 is 29.2 Å². The average Bonchev–Trinajstić information content (AvgIpc) is 2.87. The standard InChI is InChI=1S/C17H23NO5S/c1-17(2,3)9-4-5-10-11(8-24-13(10)6-9)15(21)18-12(16(22)23)7-14(19)20/h8-9,12H,4-7H2,1-3H3,(H,18,21)(H,19,20)(H,22,23). The van der Waals surface area contributed by atoms with E-state index in [0.29, 0.717) is 11.5 Å². The molecule has 24 heavy (non-hydrogen) atoms. The van der Waals surface area contributed by atoms with E-state index >= 15 is 0 Å². The second kappa shape index (κ2) is 6.93. The number of hydrogen-bond acceptors (Lipinski definition) is 4. The molecule has 6 nitrogen and oxygen atoms in total. The van der Waals surface area contributed by atoms with E-state index in [9.17, 15) is 14.4 Å². The fraction of sp³-hybridized carbons (Fsp3) is 0.588. The van der Waals surface area contributed by atoms with Gasteiger partial charge in [-0.15, -0.1) is 11.3 Å². The molecular weight excluding hydrogens is 330 g/mol. The largest absolute Gasteiger partial charge is 0.481 e. The Hall–Kier alpha value is -1.89. The number of hydrogen-bond donors (Lipinski definition) is 3. The van der Waals surface area contributed by atoms with Crippen molar-refractivity contribution < 1.29 is 24.6 Å². The summed E-state index contributed by atoms with van der Waals surface area (Å²) in [5.41, 5.74) is 1.68. The monoisotopic (exact) mass is 353 g/mol. The predicted octanol–water partition coefficient (Wildman–Crippen LogP) is 2.56. The number of carbonyl (C=O) groups is 3. The van der Waals surface area contributed by atoms with Crippen LogP contribution in [0.3, 0.4) is 0 Å². The van der Waals surface area contributed by atoms with Crippen molar-refractivity contribution in [2.45, 2.75) is 52.5 Å². The summed E-state index contributed by atoms with van der Waals surface area (Å²) in [5, 5.41) is 21.9. The number of carbonyl (C=O) groups excluding carboxylic acids is 1. The van der Waals surface area contributed by atoms with Gasteiger partial charge in [-0.05, 0) is 36.2 Å². The van der Waals surface area contributed by atoms with Gasteiger partial charge in [-0.25, -0.2) is 4.79 Å². The molecule has 132 valence electrons. The van der Waals surface area contributed by atoms with Crippen molar-refractivity contribution in [1.82, 2.24) is 5.32 Å². The lowest BCUT2D eigenvalue weighted by Crippen LogP contribution is -2.42. The molecule has 3 N–H and O–H groups in total. The third kappa shape index (κ3) is 4.14. The molecule has 1 amide bonds. The van der Waals surface area contributed by atoms with Crippen molar-refractivity contribution in [2.75, 3.05) is 0 Å². The molecule has 1 aliphatic carbocycles. The Labute approximate surface area is 144 Å². The first-order valence-electron chi connectivity index (χ1n) is 7.94. The van der Waals surface area contributed by atoms with Crippen LogP contribution in [0.5, 0.6) is 0 Å². The molecule has 2 unspecified atom stereocenters. The molecule has 0 fully saturated rings. The summed E-state index contributed by atoms with van der Waals surface area (Å²) < 4.78 is 0. The summed E-state index contributed by atoms with van der Waals surface area (Å²) >= 11 is 1.52. The molecule has 2 atom stereocenters. The first kappa shape index (κ1) is 18.4. The quantitative estimate of drug-likeness (QED) is 0.755. The van der Waals surface area contributed by atoms with E-state index in [1.165, 1.54) is 16.2 Å². The molecule has 7 heteroatoms. The second-order valence-corrected chi connectivity index (χ2v) is 8.28. The number of nitrogens with one attached hydrogen (secondary N) is 1. The van der Waals surface area contributed by atoms with E-state index in [4.69, 9.17) is 10.2 Å². The van der Waals surface area contributed by atoms with Crippen molar-refractivity contribution in [3.63, 3.8) is 0 Å². The lowest BCUT2D eigenvalue weighted by molar-refractivity contribution is -0.145. The van der Waals surface area contributed by atoms with Crippen molar-refractivity contribution in [3.8, 4) is 0 Å². The number of rotatable bonds is 5. The average molecular weight is 353 g/mol. The van der Waals surface area contributed by atoms with Crippen molar-refractivity contribution in [3.05, 3.63) is 21.4 Å². The highest BCUT2D eigenvalue weighted by Gasteiger charge is 2.32. The van der Waals surface area contributed by atoms with E-state index in [2.05, 4.69) is 26.1 Å². The van der Waals surface area contributed by atoms with Gasteiger partial charge in [0.05, 0.1) is 12.0 Å². The normalized spacial score (nSPS) is 18.5. The van der Waals surface area contributed by atoms with E-state index in [1.54, 1.807) is 5.38 Å². The highest BCUT2D eigenvalue weighted by atomic mass is 32.1. The van der Waals surface area contributed by atoms with Crippen LogP contribution >= 0.6 is 11.3 Å². The maximum Gasteiger partial charge on any atom is 0.326 e. The van der Waals surface area contributed by atoms with E-state index in [1.807, 2.05) is 0 Å². The first-order valence-corrected chi connectivity index (χ1v) is 8.82. The summed E-state index contributed by atoms with van der Waals surface area (Å²) in [6.07, 6.45) is 2.07. The fourth-order valence-electron chi connectivity index (χ4n) is 3.05. The molecule has 1 aliphatic rings. The number of aliphatic carboxylic acids is 2. The highest BCUT2D eigenvalue weighted by Crippen LogP contribution is 2.40. The third-order valence-electron chi connectivity index (χ3n) is 4.61. The van der Waals surface area contributed by atoms with Crippen LogP contribution in [0.25, 0.3) is 0 Å². The lowest BCUT2D eigenvalue weighted by Gasteiger charge is -2.34. The van der Waals surface area contributed by atoms with Crippen LogP contribution in [0, 0.1) is 11.3 Å². The summed E-state index contributed by atoms with van der Waals surface area (Å²) in [6, 6.07) is -1.42. The van der Waals surface area contributed by atoms with Gasteiger partial charge in [-0.1, -0.05) is 20.8 Å². The summed E-state index contributed by atoms with van der Waals surface area (Å²) in [6.45, 7) is 6.65. The molecule has 0 bridgehead atoms. The summed E-state index contributed by atoms with van der Waals surface area (Å²) in [5.74, 6) is -2.56. The lowest BCUT2D eigenvalue weighted by atomic mass is 9.72. The van der Waals surface area contributed by atoms with Crippen LogP contribution in [-0.4, -0.2) is 34.1 Å². The van der Waals surface area contributed by atoms with Gasteiger partial charge in [0.1, 0.15) is 6.04 Å². The van der Waals surface area contributed by atoms with Crippen LogP contribution in [0.1, 0.15) is 54.4 Å². The first-order chi connectivity index (χ1) is 11.1. The Morgan fingerprint density at radius 2 is 2.00 bits per heavy atom. The molecule has 1 heterocycles. The molecule has 2 rings (SSSR count). The van der Waals surface area contributed by atoms with Gasteiger partial charge in [-0.3, -0.25) is 9.59 Å². The Bertz CT molecular complexity index is 658. The zero-order valence-electron chi connectivity index (χ0n) is 14.1. The van der Waals surface area contributed by atoms with E-state index < -0.39 is 30.3 Å². The van der Waals surface area contributed by atoms with Gasteiger partial charge < -0.3 is 15.5 Å². The number of carboxylic acids is 2. The van der Waals surface area contributed by atoms with Gasteiger partial charge in [0.15, 0.2) is 0 Å². The predicted molar refractivity (Wildman–Crippen MR) is 90.4 cm³/mol. The molecule has 0 saturated carbocycles. The third-order valence-corrected chi connectivity index (χ3v) is 5.66.